The number of hydrogen-bond acceptors (Lipinski definition) is 4. The fourth-order valence-corrected chi connectivity index (χ4v) is 0.0141. The van der Waals surface area contributed by atoms with E-state index in [9.17, 15) is 4.48 Å². The molecular formula is HFN2O2. The van der Waals surface area contributed by atoms with Crippen LogP contribution in [-0.2, 0) is 4.94 Å². The lowest BCUT2D eigenvalue weighted by Gasteiger charge is -1.72. The van der Waals surface area contributed by atoms with Gasteiger partial charge in [-0.1, -0.05) is 4.48 Å². The molecule has 0 aromatic heterocycles. The average Bonchev–Trinajstić information content (AvgIpc) is 1.41. The van der Waals surface area contributed by atoms with Crippen molar-refractivity contribution in [2.45, 2.75) is 0 Å². The summed E-state index contributed by atoms with van der Waals surface area (Å²) in [7, 11) is 0. The maximum absolute atomic E-state index is 10.2. The van der Waals surface area contributed by atoms with Crippen LogP contribution in [0.1, 0.15) is 0 Å². The summed E-state index contributed by atoms with van der Waals surface area (Å²) in [6.07, 6.45) is 0. The van der Waals surface area contributed by atoms with Gasteiger partial charge in [-0.15, -0.1) is 4.91 Å². The van der Waals surface area contributed by atoms with Gasteiger partial charge < -0.3 is 0 Å². The zero-order chi connectivity index (χ0) is 4.12. The third kappa shape index (κ3) is 3.29. The summed E-state index contributed by atoms with van der Waals surface area (Å²) in [4.78, 5) is 11.6. The van der Waals surface area contributed by atoms with E-state index in [1.807, 2.05) is 0 Å². The van der Waals surface area contributed by atoms with Crippen molar-refractivity contribution in [3.63, 3.8) is 0 Å². The van der Waals surface area contributed by atoms with Crippen molar-refractivity contribution in [1.82, 2.24) is 5.70 Å². The van der Waals surface area contributed by atoms with Crippen molar-refractivity contribution in [1.29, 1.82) is 0 Å². The van der Waals surface area contributed by atoms with Gasteiger partial charge in [0.05, 0.1) is 0 Å². The van der Waals surface area contributed by atoms with Gasteiger partial charge in [-0.3, -0.25) is 0 Å². The number of rotatable bonds is 2. The minimum atomic E-state index is 0.538. The van der Waals surface area contributed by atoms with E-state index < -0.39 is 0 Å². The van der Waals surface area contributed by atoms with E-state index in [2.05, 4.69) is 4.94 Å². The fraction of sp³-hybridized carbons (Fsp3) is 0. The van der Waals surface area contributed by atoms with Gasteiger partial charge in [0, 0.05) is 5.70 Å². The van der Waals surface area contributed by atoms with Crippen LogP contribution in [0.5, 0.6) is 0 Å². The van der Waals surface area contributed by atoms with Gasteiger partial charge in [0.2, 0.25) is 0 Å². The van der Waals surface area contributed by atoms with Crippen molar-refractivity contribution < 1.29 is 9.42 Å². The Hall–Kier alpha value is -0.710. The van der Waals surface area contributed by atoms with Crippen LogP contribution in [-0.4, -0.2) is 0 Å². The molecule has 0 amide bonds. The summed E-state index contributed by atoms with van der Waals surface area (Å²) in [5.74, 6) is 0. The first-order chi connectivity index (χ1) is 2.41. The second-order valence-corrected chi connectivity index (χ2v) is 0.243. The number of hydrogen-bond donors (Lipinski definition) is 1. The summed E-state index contributed by atoms with van der Waals surface area (Å²) >= 11 is 0. The lowest BCUT2D eigenvalue weighted by Crippen LogP contribution is -1.91. The highest BCUT2D eigenvalue weighted by atomic mass is 19.2. The zero-order valence-corrected chi connectivity index (χ0v) is 2.14. The van der Waals surface area contributed by atoms with E-state index in [0.29, 0.717) is 5.70 Å². The van der Waals surface area contributed by atoms with E-state index >= 15 is 0 Å². The van der Waals surface area contributed by atoms with Crippen LogP contribution in [0.2, 0.25) is 0 Å². The average molecular weight is 80.0 g/mol. The van der Waals surface area contributed by atoms with Crippen LogP contribution in [0.4, 0.5) is 4.48 Å². The fourth-order valence-electron chi connectivity index (χ4n) is 0.0141. The Balaban J connectivity index is 2.40. The minimum absolute atomic E-state index is 0.538. The molecule has 0 unspecified atom stereocenters. The van der Waals surface area contributed by atoms with Crippen LogP contribution >= 0.6 is 0 Å². The Morgan fingerprint density at radius 3 is 2.60 bits per heavy atom. The summed E-state index contributed by atoms with van der Waals surface area (Å²) in [5, 5.41) is 1.62. The van der Waals surface area contributed by atoms with Crippen molar-refractivity contribution in [2.24, 2.45) is 5.34 Å². The quantitative estimate of drug-likeness (QED) is 0.290. The first kappa shape index (κ1) is 4.29. The van der Waals surface area contributed by atoms with Gasteiger partial charge in [0.15, 0.2) is 5.34 Å². The van der Waals surface area contributed by atoms with Gasteiger partial charge in [0.25, 0.3) is 0 Å². The predicted octanol–water partition coefficient (Wildman–Crippen LogP) is 0.0735. The van der Waals surface area contributed by atoms with Gasteiger partial charge in [0.1, 0.15) is 0 Å². The molecule has 0 atom stereocenters. The SMILES string of the molecule is O=NONF. The molecule has 0 aromatic rings. The van der Waals surface area contributed by atoms with Gasteiger partial charge in [-0.25, -0.2) is 4.94 Å². The molecule has 5 heteroatoms. The highest BCUT2D eigenvalue weighted by Crippen LogP contribution is 1.58. The van der Waals surface area contributed by atoms with Crippen LogP contribution < -0.4 is 5.70 Å². The predicted molar refractivity (Wildman–Crippen MR) is 11.1 cm³/mol. The van der Waals surface area contributed by atoms with Crippen molar-refractivity contribution in [3.8, 4) is 0 Å². The van der Waals surface area contributed by atoms with Gasteiger partial charge in [-0.2, -0.15) is 0 Å². The lowest BCUT2D eigenvalue weighted by atomic mass is 13.1. The van der Waals surface area contributed by atoms with E-state index in [4.69, 9.17) is 4.91 Å². The molecule has 1 N–H and O–H groups in total. The van der Waals surface area contributed by atoms with Gasteiger partial charge >= 0.3 is 0 Å². The normalized spacial score (nSPS) is 6.60. The maximum atomic E-state index is 10.2. The number of nitrogens with zero attached hydrogens (tertiary/aromatic N) is 1. The molecule has 0 saturated heterocycles. The molecule has 0 heterocycles. The van der Waals surface area contributed by atoms with E-state index in [1.165, 1.54) is 0 Å². The van der Waals surface area contributed by atoms with Crippen molar-refractivity contribution >= 4 is 0 Å². The molecule has 0 bridgehead atoms. The largest absolute Gasteiger partial charge is 0.232 e. The Bertz CT molecular complexity index is 28.8. The monoisotopic (exact) mass is 80.0 g/mol. The van der Waals surface area contributed by atoms with E-state index in [-0.39, 0.29) is 0 Å². The lowest BCUT2D eigenvalue weighted by molar-refractivity contribution is -0.0632. The molecule has 5 heavy (non-hydrogen) atoms. The molecule has 0 aliphatic rings. The molecule has 0 rings (SSSR count). The standard InChI is InChI=1S/FHN2O2/c1-2-5-3-4/h2H. The molecule has 30 valence electrons. The Kier molecular flexibility index (Phi) is 2.82. The van der Waals surface area contributed by atoms with E-state index in [1.54, 1.807) is 5.34 Å². The second kappa shape index (κ2) is 3.29. The molecule has 0 radical (unpaired) electrons. The molecule has 0 spiro atoms. The Morgan fingerprint density at radius 1 is 2.00 bits per heavy atom. The Morgan fingerprint density at radius 2 is 2.60 bits per heavy atom. The molecule has 0 fully saturated rings. The first-order valence-corrected chi connectivity index (χ1v) is 0.758. The van der Waals surface area contributed by atoms with Crippen molar-refractivity contribution in [3.05, 3.63) is 4.91 Å². The Labute approximate surface area is 26.7 Å². The smallest absolute Gasteiger partial charge is 0.178 e. The summed E-state index contributed by atoms with van der Waals surface area (Å²) < 4.78 is 10.2. The summed E-state index contributed by atoms with van der Waals surface area (Å²) in [6.45, 7) is 0. The van der Waals surface area contributed by atoms with Gasteiger partial charge in [-0.05, 0) is 0 Å². The molecule has 0 aliphatic carbocycles. The molecule has 0 aliphatic heterocycles. The third-order valence-electron chi connectivity index (χ3n) is 0.0718. The number of halogens is 1. The van der Waals surface area contributed by atoms with Crippen LogP contribution in [0, 0.1) is 4.91 Å². The third-order valence-corrected chi connectivity index (χ3v) is 0.0718. The summed E-state index contributed by atoms with van der Waals surface area (Å²) in [5.41, 5.74) is 0.538. The van der Waals surface area contributed by atoms with E-state index in [0.717, 1.165) is 0 Å². The highest BCUT2D eigenvalue weighted by molar-refractivity contribution is 3.88. The first-order valence-electron chi connectivity index (χ1n) is 0.758. The summed E-state index contributed by atoms with van der Waals surface area (Å²) in [6, 6.07) is 0. The van der Waals surface area contributed by atoms with Crippen LogP contribution in [0.3, 0.4) is 0 Å². The second-order valence-electron chi connectivity index (χ2n) is 0.243. The zero-order valence-electron chi connectivity index (χ0n) is 2.14. The highest BCUT2D eigenvalue weighted by Gasteiger charge is 1.63. The molecular weight excluding hydrogens is 79.0 g/mol. The number of nitrogens with one attached hydrogen (secondary N) is 1. The van der Waals surface area contributed by atoms with Crippen LogP contribution in [0.25, 0.3) is 0 Å². The minimum Gasteiger partial charge on any atom is -0.232 e. The van der Waals surface area contributed by atoms with Crippen molar-refractivity contribution in [2.75, 3.05) is 0 Å². The van der Waals surface area contributed by atoms with Crippen LogP contribution in [0.15, 0.2) is 5.34 Å². The molecule has 0 saturated carbocycles. The molecule has 0 aromatic carbocycles. The topological polar surface area (TPSA) is 50.7 Å². The maximum Gasteiger partial charge on any atom is 0.178 e. The molecule has 4 nitrogen and oxygen atoms in total.